The Morgan fingerprint density at radius 1 is 1.23 bits per heavy atom. The van der Waals surface area contributed by atoms with Crippen LogP contribution in [0.1, 0.15) is 32.6 Å². The number of hydrogen-bond acceptors (Lipinski definition) is 4. The van der Waals surface area contributed by atoms with E-state index in [1.165, 1.54) is 31.9 Å². The molecule has 0 radical (unpaired) electrons. The lowest BCUT2D eigenvalue weighted by Crippen LogP contribution is -2.45. The van der Waals surface area contributed by atoms with Gasteiger partial charge in [-0.05, 0) is 31.6 Å². The number of halogens is 1. The second kappa shape index (κ2) is 11.4. The third-order valence-electron chi connectivity index (χ3n) is 3.72. The second-order valence-electron chi connectivity index (χ2n) is 5.84. The summed E-state index contributed by atoms with van der Waals surface area (Å²) in [6, 6.07) is 0.499. The quantitative estimate of drug-likeness (QED) is 0.267. The highest BCUT2D eigenvalue weighted by Gasteiger charge is 2.18. The number of sulfone groups is 1. The molecule has 0 unspecified atom stereocenters. The fourth-order valence-corrected chi connectivity index (χ4v) is 2.77. The van der Waals surface area contributed by atoms with Crippen LogP contribution in [-0.4, -0.2) is 59.2 Å². The molecule has 6 nitrogen and oxygen atoms in total. The van der Waals surface area contributed by atoms with Crippen molar-refractivity contribution in [3.8, 4) is 0 Å². The first-order valence-electron chi connectivity index (χ1n) is 7.63. The molecule has 0 aromatic rings. The van der Waals surface area contributed by atoms with Crippen molar-refractivity contribution in [3.63, 3.8) is 0 Å². The van der Waals surface area contributed by atoms with Crippen molar-refractivity contribution in [2.75, 3.05) is 38.8 Å². The third kappa shape index (κ3) is 10.6. The standard InChI is InChI=1S/C14H29N3O3S.HI/c1-12-4-6-13(7-5-12)17-14(15-2)16-8-9-20-10-11-21(3,18)19;/h12-13H,4-11H2,1-3H3,(H2,15,16,17);1H. The van der Waals surface area contributed by atoms with Crippen LogP contribution in [0.2, 0.25) is 0 Å². The number of nitrogens with one attached hydrogen (secondary N) is 2. The number of ether oxygens (including phenoxy) is 1. The van der Waals surface area contributed by atoms with E-state index in [4.69, 9.17) is 4.74 Å². The molecule has 0 aromatic carbocycles. The van der Waals surface area contributed by atoms with Gasteiger partial charge in [0, 0.05) is 25.9 Å². The average molecular weight is 447 g/mol. The molecular weight excluding hydrogens is 417 g/mol. The zero-order chi connectivity index (χ0) is 15.7. The van der Waals surface area contributed by atoms with E-state index in [1.54, 1.807) is 7.05 Å². The van der Waals surface area contributed by atoms with Crippen molar-refractivity contribution in [2.24, 2.45) is 10.9 Å². The van der Waals surface area contributed by atoms with Gasteiger partial charge in [0.2, 0.25) is 0 Å². The number of guanidine groups is 1. The zero-order valence-corrected chi connectivity index (χ0v) is 16.9. The van der Waals surface area contributed by atoms with Gasteiger partial charge in [-0.3, -0.25) is 4.99 Å². The SMILES string of the molecule is CN=C(NCCOCCS(C)(=O)=O)NC1CCC(C)CC1.I. The molecule has 22 heavy (non-hydrogen) atoms. The normalized spacial score (nSPS) is 22.8. The third-order valence-corrected chi connectivity index (χ3v) is 4.63. The van der Waals surface area contributed by atoms with Crippen LogP contribution < -0.4 is 10.6 Å². The molecule has 1 aliphatic carbocycles. The van der Waals surface area contributed by atoms with Crippen LogP contribution in [0.4, 0.5) is 0 Å². The Morgan fingerprint density at radius 2 is 1.86 bits per heavy atom. The molecule has 1 aliphatic rings. The number of nitrogens with zero attached hydrogens (tertiary/aromatic N) is 1. The second-order valence-corrected chi connectivity index (χ2v) is 8.10. The topological polar surface area (TPSA) is 79.8 Å². The minimum absolute atomic E-state index is 0. The lowest BCUT2D eigenvalue weighted by Gasteiger charge is -2.28. The summed E-state index contributed by atoms with van der Waals surface area (Å²) in [4.78, 5) is 4.20. The maximum Gasteiger partial charge on any atom is 0.191 e. The minimum Gasteiger partial charge on any atom is -0.379 e. The van der Waals surface area contributed by atoms with E-state index in [9.17, 15) is 8.42 Å². The predicted molar refractivity (Wildman–Crippen MR) is 102 cm³/mol. The van der Waals surface area contributed by atoms with Gasteiger partial charge in [0.1, 0.15) is 9.84 Å². The summed E-state index contributed by atoms with van der Waals surface area (Å²) in [6.45, 7) is 3.63. The summed E-state index contributed by atoms with van der Waals surface area (Å²) in [7, 11) is -1.18. The van der Waals surface area contributed by atoms with Crippen molar-refractivity contribution >= 4 is 39.8 Å². The molecule has 1 rings (SSSR count). The maximum atomic E-state index is 10.9. The fraction of sp³-hybridized carbons (Fsp3) is 0.929. The molecule has 0 spiro atoms. The molecule has 2 N–H and O–H groups in total. The van der Waals surface area contributed by atoms with Crippen molar-refractivity contribution in [1.82, 2.24) is 10.6 Å². The van der Waals surface area contributed by atoms with Gasteiger partial charge in [-0.2, -0.15) is 0 Å². The van der Waals surface area contributed by atoms with E-state index >= 15 is 0 Å². The number of aliphatic imine (C=N–C) groups is 1. The molecule has 8 heteroatoms. The van der Waals surface area contributed by atoms with Gasteiger partial charge < -0.3 is 15.4 Å². The molecule has 132 valence electrons. The highest BCUT2D eigenvalue weighted by Crippen LogP contribution is 2.23. The van der Waals surface area contributed by atoms with Gasteiger partial charge in [0.25, 0.3) is 0 Å². The molecule has 0 aliphatic heterocycles. The van der Waals surface area contributed by atoms with Crippen LogP contribution in [0.3, 0.4) is 0 Å². The van der Waals surface area contributed by atoms with E-state index in [1.807, 2.05) is 0 Å². The Balaban J connectivity index is 0.00000441. The molecule has 0 aromatic heterocycles. The summed E-state index contributed by atoms with van der Waals surface area (Å²) in [6.07, 6.45) is 6.12. The van der Waals surface area contributed by atoms with Crippen LogP contribution in [0, 0.1) is 5.92 Å². The first kappa shape index (κ1) is 21.9. The van der Waals surface area contributed by atoms with Gasteiger partial charge in [-0.25, -0.2) is 8.42 Å². The van der Waals surface area contributed by atoms with Crippen LogP contribution in [-0.2, 0) is 14.6 Å². The van der Waals surface area contributed by atoms with Gasteiger partial charge in [-0.1, -0.05) is 6.92 Å². The van der Waals surface area contributed by atoms with E-state index in [2.05, 4.69) is 22.5 Å². The molecule has 1 saturated carbocycles. The molecule has 0 saturated heterocycles. The molecule has 0 bridgehead atoms. The Labute approximate surface area is 151 Å². The lowest BCUT2D eigenvalue weighted by molar-refractivity contribution is 0.154. The summed E-state index contributed by atoms with van der Waals surface area (Å²) in [5.41, 5.74) is 0. The van der Waals surface area contributed by atoms with Crippen molar-refractivity contribution < 1.29 is 13.2 Å². The smallest absolute Gasteiger partial charge is 0.191 e. The van der Waals surface area contributed by atoms with Gasteiger partial charge in [0.15, 0.2) is 5.96 Å². The first-order valence-corrected chi connectivity index (χ1v) is 9.69. The Bertz CT molecular complexity index is 421. The summed E-state index contributed by atoms with van der Waals surface area (Å²) < 4.78 is 27.2. The highest BCUT2D eigenvalue weighted by atomic mass is 127. The van der Waals surface area contributed by atoms with Crippen LogP contribution in [0.15, 0.2) is 4.99 Å². The number of rotatable bonds is 7. The zero-order valence-electron chi connectivity index (χ0n) is 13.8. The van der Waals surface area contributed by atoms with Crippen molar-refractivity contribution in [3.05, 3.63) is 0 Å². The average Bonchev–Trinajstić information content (AvgIpc) is 2.42. The van der Waals surface area contributed by atoms with E-state index in [0.717, 1.165) is 11.9 Å². The van der Waals surface area contributed by atoms with E-state index in [0.29, 0.717) is 19.2 Å². The molecule has 1 fully saturated rings. The molecule has 0 amide bonds. The monoisotopic (exact) mass is 447 g/mol. The molecular formula is C14H30IN3O3S. The summed E-state index contributed by atoms with van der Waals surface area (Å²) in [5, 5.41) is 6.62. The predicted octanol–water partition coefficient (Wildman–Crippen LogP) is 1.41. The maximum absolute atomic E-state index is 10.9. The van der Waals surface area contributed by atoms with Crippen molar-refractivity contribution in [2.45, 2.75) is 38.6 Å². The van der Waals surface area contributed by atoms with E-state index < -0.39 is 9.84 Å². The van der Waals surface area contributed by atoms with Gasteiger partial charge in [-0.15, -0.1) is 24.0 Å². The van der Waals surface area contributed by atoms with Crippen LogP contribution >= 0.6 is 24.0 Å². The molecule has 0 atom stereocenters. The Hall–Kier alpha value is -0.0900. The first-order chi connectivity index (χ1) is 9.90. The van der Waals surface area contributed by atoms with Crippen molar-refractivity contribution in [1.29, 1.82) is 0 Å². The minimum atomic E-state index is -2.94. The Kier molecular flexibility index (Phi) is 11.4. The Morgan fingerprint density at radius 3 is 2.41 bits per heavy atom. The van der Waals surface area contributed by atoms with E-state index in [-0.39, 0.29) is 36.3 Å². The summed E-state index contributed by atoms with van der Waals surface area (Å²) in [5.74, 6) is 1.70. The number of hydrogen-bond donors (Lipinski definition) is 2. The van der Waals surface area contributed by atoms with Gasteiger partial charge >= 0.3 is 0 Å². The molecule has 0 heterocycles. The summed E-state index contributed by atoms with van der Waals surface area (Å²) >= 11 is 0. The highest BCUT2D eigenvalue weighted by molar-refractivity contribution is 14.0. The van der Waals surface area contributed by atoms with Crippen LogP contribution in [0.25, 0.3) is 0 Å². The van der Waals surface area contributed by atoms with Crippen LogP contribution in [0.5, 0.6) is 0 Å². The largest absolute Gasteiger partial charge is 0.379 e. The lowest BCUT2D eigenvalue weighted by atomic mass is 9.87. The van der Waals surface area contributed by atoms with Gasteiger partial charge in [0.05, 0.1) is 19.0 Å². The fourth-order valence-electron chi connectivity index (χ4n) is 2.35.